The highest BCUT2D eigenvalue weighted by molar-refractivity contribution is 7.22. The second-order valence-corrected chi connectivity index (χ2v) is 10.7. The number of aliphatic carboxylic acids is 1. The van der Waals surface area contributed by atoms with Gasteiger partial charge in [-0.25, -0.2) is 9.37 Å². The van der Waals surface area contributed by atoms with E-state index in [1.165, 1.54) is 17.4 Å². The van der Waals surface area contributed by atoms with Gasteiger partial charge in [0.15, 0.2) is 10.9 Å². The SMILES string of the molecule is O=C(CC(CCc1ccccc1)C(=O)O)c1ccc(-c2ccc(Nc3nc4ccc(Cl)cc4s3)c(F)c2)cc1. The molecule has 1 atom stereocenters. The van der Waals surface area contributed by atoms with E-state index in [1.807, 2.05) is 42.5 Å². The summed E-state index contributed by atoms with van der Waals surface area (Å²) in [7, 11) is 0. The van der Waals surface area contributed by atoms with Gasteiger partial charge >= 0.3 is 5.97 Å². The molecular weight excluding hydrogens is 535 g/mol. The molecule has 39 heavy (non-hydrogen) atoms. The van der Waals surface area contributed by atoms with Gasteiger partial charge in [0.25, 0.3) is 0 Å². The molecule has 0 amide bonds. The summed E-state index contributed by atoms with van der Waals surface area (Å²) in [5, 5.41) is 13.8. The molecule has 0 radical (unpaired) electrons. The lowest BCUT2D eigenvalue weighted by Crippen LogP contribution is -2.19. The molecule has 196 valence electrons. The number of carboxylic acids is 1. The van der Waals surface area contributed by atoms with Gasteiger partial charge in [0.05, 0.1) is 21.8 Å². The molecule has 0 aliphatic carbocycles. The molecule has 0 aliphatic heterocycles. The lowest BCUT2D eigenvalue weighted by molar-refractivity contribution is -0.141. The number of ketones is 1. The van der Waals surface area contributed by atoms with Crippen LogP contribution in [-0.4, -0.2) is 21.8 Å². The van der Waals surface area contributed by atoms with Crippen LogP contribution < -0.4 is 5.32 Å². The molecule has 8 heteroatoms. The van der Waals surface area contributed by atoms with Crippen LogP contribution in [0.3, 0.4) is 0 Å². The standard InChI is InChI=1S/C31H24ClFN2O3S/c32-24-13-15-27-29(18-24)39-31(35-27)34-26-14-12-22(16-25(26)33)20-8-10-21(11-9-20)28(36)17-23(30(37)38)7-6-19-4-2-1-3-5-19/h1-5,8-16,18,23H,6-7,17H2,(H,34,35)(H,37,38). The molecule has 5 aromatic rings. The van der Waals surface area contributed by atoms with E-state index in [2.05, 4.69) is 10.3 Å². The Hall–Kier alpha value is -4.07. The lowest BCUT2D eigenvalue weighted by Gasteiger charge is -2.12. The molecule has 4 aromatic carbocycles. The zero-order chi connectivity index (χ0) is 27.4. The number of rotatable bonds is 10. The quantitative estimate of drug-likeness (QED) is 0.168. The summed E-state index contributed by atoms with van der Waals surface area (Å²) in [5.41, 5.74) is 3.94. The summed E-state index contributed by atoms with van der Waals surface area (Å²) >= 11 is 7.43. The largest absolute Gasteiger partial charge is 0.481 e. The molecule has 0 bridgehead atoms. The Morgan fingerprint density at radius 3 is 2.41 bits per heavy atom. The molecule has 0 fully saturated rings. The van der Waals surface area contributed by atoms with Crippen molar-refractivity contribution < 1.29 is 19.1 Å². The first-order valence-corrected chi connectivity index (χ1v) is 13.6. The fourth-order valence-electron chi connectivity index (χ4n) is 4.35. The van der Waals surface area contributed by atoms with Crippen molar-refractivity contribution in [2.45, 2.75) is 19.3 Å². The lowest BCUT2D eigenvalue weighted by atomic mass is 9.92. The molecule has 1 unspecified atom stereocenters. The van der Waals surface area contributed by atoms with Crippen LogP contribution in [0.15, 0.2) is 91.0 Å². The summed E-state index contributed by atoms with van der Waals surface area (Å²) in [6.45, 7) is 0. The summed E-state index contributed by atoms with van der Waals surface area (Å²) in [5.74, 6) is -2.41. The molecular formula is C31H24ClFN2O3S. The summed E-state index contributed by atoms with van der Waals surface area (Å²) in [6.07, 6.45) is 0.899. The first-order chi connectivity index (χ1) is 18.9. The van der Waals surface area contributed by atoms with Crippen molar-refractivity contribution in [1.82, 2.24) is 4.98 Å². The molecule has 0 saturated carbocycles. The summed E-state index contributed by atoms with van der Waals surface area (Å²) < 4.78 is 15.9. The normalized spacial score (nSPS) is 11.8. The van der Waals surface area contributed by atoms with Crippen molar-refractivity contribution in [2.24, 2.45) is 5.92 Å². The Balaban J connectivity index is 1.24. The number of halogens is 2. The van der Waals surface area contributed by atoms with Crippen molar-refractivity contribution in [1.29, 1.82) is 0 Å². The number of nitrogens with zero attached hydrogens (tertiary/aromatic N) is 1. The van der Waals surface area contributed by atoms with Crippen LogP contribution in [-0.2, 0) is 11.2 Å². The number of aromatic nitrogens is 1. The second kappa shape index (κ2) is 11.8. The first-order valence-electron chi connectivity index (χ1n) is 12.4. The van der Waals surface area contributed by atoms with E-state index in [1.54, 1.807) is 42.5 Å². The van der Waals surface area contributed by atoms with E-state index in [0.29, 0.717) is 39.8 Å². The average molecular weight is 559 g/mol. The van der Waals surface area contributed by atoms with E-state index in [4.69, 9.17) is 11.6 Å². The molecule has 1 aromatic heterocycles. The Labute approximate surface area is 233 Å². The van der Waals surface area contributed by atoms with E-state index in [-0.39, 0.29) is 12.2 Å². The van der Waals surface area contributed by atoms with Gasteiger partial charge in [-0.1, -0.05) is 83.6 Å². The number of carbonyl (C=O) groups is 2. The van der Waals surface area contributed by atoms with Crippen molar-refractivity contribution in [2.75, 3.05) is 5.32 Å². The molecule has 0 saturated heterocycles. The van der Waals surface area contributed by atoms with Crippen molar-refractivity contribution in [3.8, 4) is 11.1 Å². The maximum absolute atomic E-state index is 14.9. The van der Waals surface area contributed by atoms with Crippen LogP contribution in [0.4, 0.5) is 15.2 Å². The zero-order valence-corrected chi connectivity index (χ0v) is 22.3. The van der Waals surface area contributed by atoms with Crippen molar-refractivity contribution in [3.05, 3.63) is 113 Å². The van der Waals surface area contributed by atoms with E-state index in [0.717, 1.165) is 21.3 Å². The Morgan fingerprint density at radius 1 is 0.949 bits per heavy atom. The van der Waals surface area contributed by atoms with E-state index >= 15 is 0 Å². The number of benzene rings is 4. The molecule has 1 heterocycles. The highest BCUT2D eigenvalue weighted by atomic mass is 35.5. The van der Waals surface area contributed by atoms with E-state index in [9.17, 15) is 19.1 Å². The van der Waals surface area contributed by atoms with Crippen LogP contribution in [0.1, 0.15) is 28.8 Å². The summed E-state index contributed by atoms with van der Waals surface area (Å²) in [4.78, 5) is 29.1. The Morgan fingerprint density at radius 2 is 1.69 bits per heavy atom. The average Bonchev–Trinajstić information content (AvgIpc) is 3.34. The fourth-order valence-corrected chi connectivity index (χ4v) is 5.51. The van der Waals surface area contributed by atoms with Crippen LogP contribution >= 0.6 is 22.9 Å². The fraction of sp³-hybridized carbons (Fsp3) is 0.129. The third-order valence-electron chi connectivity index (χ3n) is 6.51. The van der Waals surface area contributed by atoms with E-state index < -0.39 is 17.7 Å². The first kappa shape index (κ1) is 26.5. The van der Waals surface area contributed by atoms with Gasteiger partial charge in [-0.3, -0.25) is 9.59 Å². The molecule has 0 aliphatic rings. The van der Waals surface area contributed by atoms with Crippen molar-refractivity contribution >= 4 is 55.7 Å². The molecule has 5 nitrogen and oxygen atoms in total. The maximum atomic E-state index is 14.9. The van der Waals surface area contributed by atoms with Crippen molar-refractivity contribution in [3.63, 3.8) is 0 Å². The number of hydrogen-bond donors (Lipinski definition) is 2. The number of nitrogens with one attached hydrogen (secondary N) is 1. The number of thiazole rings is 1. The van der Waals surface area contributed by atoms with Crippen LogP contribution in [0.2, 0.25) is 5.02 Å². The number of carbonyl (C=O) groups excluding carboxylic acids is 1. The minimum absolute atomic E-state index is 0.0749. The minimum Gasteiger partial charge on any atom is -0.481 e. The molecule has 0 spiro atoms. The number of carboxylic acid groups (broad SMARTS) is 1. The third kappa shape index (κ3) is 6.50. The van der Waals surface area contributed by atoms with Gasteiger partial charge in [0.2, 0.25) is 0 Å². The highest BCUT2D eigenvalue weighted by Crippen LogP contribution is 2.32. The van der Waals surface area contributed by atoms with Gasteiger partial charge in [0.1, 0.15) is 5.82 Å². The Bertz CT molecular complexity index is 1640. The smallest absolute Gasteiger partial charge is 0.306 e. The van der Waals surface area contributed by atoms with Gasteiger partial charge in [-0.2, -0.15) is 0 Å². The molecule has 2 N–H and O–H groups in total. The maximum Gasteiger partial charge on any atom is 0.306 e. The number of aryl methyl sites for hydroxylation is 1. The number of anilines is 2. The number of fused-ring (bicyclic) bond motifs is 1. The van der Waals surface area contributed by atoms with Gasteiger partial charge in [-0.05, 0) is 59.9 Å². The monoisotopic (exact) mass is 558 g/mol. The number of Topliss-reactive ketones (excluding diaryl/α,β-unsaturated/α-hetero) is 1. The van der Waals surface area contributed by atoms with Gasteiger partial charge in [0, 0.05) is 17.0 Å². The molecule has 5 rings (SSSR count). The number of hydrogen-bond acceptors (Lipinski definition) is 5. The van der Waals surface area contributed by atoms with Gasteiger partial charge in [-0.15, -0.1) is 0 Å². The van der Waals surface area contributed by atoms with Crippen LogP contribution in [0.25, 0.3) is 21.3 Å². The topological polar surface area (TPSA) is 79.3 Å². The second-order valence-electron chi connectivity index (χ2n) is 9.21. The summed E-state index contributed by atoms with van der Waals surface area (Å²) in [6, 6.07) is 26.7. The third-order valence-corrected chi connectivity index (χ3v) is 7.68. The van der Waals surface area contributed by atoms with Crippen LogP contribution in [0, 0.1) is 11.7 Å². The van der Waals surface area contributed by atoms with Crippen LogP contribution in [0.5, 0.6) is 0 Å². The Kier molecular flexibility index (Phi) is 8.00. The predicted octanol–water partition coefficient (Wildman–Crippen LogP) is 8.41. The highest BCUT2D eigenvalue weighted by Gasteiger charge is 2.22. The minimum atomic E-state index is -0.977. The predicted molar refractivity (Wildman–Crippen MR) is 155 cm³/mol. The van der Waals surface area contributed by atoms with Gasteiger partial charge < -0.3 is 10.4 Å². The zero-order valence-electron chi connectivity index (χ0n) is 20.7.